The highest BCUT2D eigenvalue weighted by Gasteiger charge is 1.98. The molecule has 12 heavy (non-hydrogen) atoms. The molecule has 64 valence electrons. The minimum atomic E-state index is 0.463. The third-order valence-electron chi connectivity index (χ3n) is 1.35. The summed E-state index contributed by atoms with van der Waals surface area (Å²) in [6, 6.07) is 0. The molecule has 1 rings (SSSR count). The fourth-order valence-corrected chi connectivity index (χ4v) is 0.932. The molecular formula is C8H11N3O. The summed E-state index contributed by atoms with van der Waals surface area (Å²) in [4.78, 5) is 0. The van der Waals surface area contributed by atoms with E-state index in [9.17, 15) is 0 Å². The smallest absolute Gasteiger partial charge is 0.101 e. The summed E-state index contributed by atoms with van der Waals surface area (Å²) < 4.78 is 1.65. The molecule has 0 fully saturated rings. The van der Waals surface area contributed by atoms with Gasteiger partial charge in [0.05, 0.1) is 12.7 Å². The minimum Gasteiger partial charge on any atom is -0.314 e. The van der Waals surface area contributed by atoms with Gasteiger partial charge in [-0.05, 0) is 0 Å². The lowest BCUT2D eigenvalue weighted by Crippen LogP contribution is -2.10. The van der Waals surface area contributed by atoms with Crippen molar-refractivity contribution in [3.8, 4) is 12.3 Å². The first-order valence-electron chi connectivity index (χ1n) is 3.57. The number of hydroxylamine groups is 2. The molecule has 0 radical (unpaired) electrons. The van der Waals surface area contributed by atoms with E-state index in [1.807, 2.05) is 6.20 Å². The van der Waals surface area contributed by atoms with Crippen LogP contribution in [0.1, 0.15) is 5.56 Å². The quantitative estimate of drug-likeness (QED) is 0.518. The predicted molar refractivity (Wildman–Crippen MR) is 44.3 cm³/mol. The van der Waals surface area contributed by atoms with Crippen molar-refractivity contribution in [2.24, 2.45) is 0 Å². The molecule has 4 nitrogen and oxygen atoms in total. The summed E-state index contributed by atoms with van der Waals surface area (Å²) in [6.07, 6.45) is 8.60. The molecule has 1 heterocycles. The van der Waals surface area contributed by atoms with E-state index < -0.39 is 0 Å². The van der Waals surface area contributed by atoms with Gasteiger partial charge in [0.15, 0.2) is 0 Å². The van der Waals surface area contributed by atoms with Gasteiger partial charge in [-0.1, -0.05) is 5.92 Å². The zero-order valence-electron chi connectivity index (χ0n) is 6.94. The summed E-state index contributed by atoms with van der Waals surface area (Å²) in [5, 5.41) is 14.0. The highest BCUT2D eigenvalue weighted by Crippen LogP contribution is 1.99. The molecule has 0 aliphatic heterocycles. The van der Waals surface area contributed by atoms with E-state index in [1.54, 1.807) is 17.9 Å². The third-order valence-corrected chi connectivity index (χ3v) is 1.35. The lowest BCUT2D eigenvalue weighted by molar-refractivity contribution is -0.0731. The second-order valence-electron chi connectivity index (χ2n) is 2.57. The Morgan fingerprint density at radius 1 is 1.83 bits per heavy atom. The van der Waals surface area contributed by atoms with Crippen LogP contribution in [0.3, 0.4) is 0 Å². The molecule has 0 amide bonds. The lowest BCUT2D eigenvalue weighted by atomic mass is 10.4. The normalized spacial score (nSPS) is 10.2. The van der Waals surface area contributed by atoms with Crippen LogP contribution in [0.4, 0.5) is 0 Å². The van der Waals surface area contributed by atoms with Gasteiger partial charge in [-0.2, -0.15) is 10.2 Å². The minimum absolute atomic E-state index is 0.463. The highest BCUT2D eigenvalue weighted by molar-refractivity contribution is 5.04. The molecule has 0 aliphatic rings. The van der Waals surface area contributed by atoms with Crippen molar-refractivity contribution in [1.82, 2.24) is 14.8 Å². The van der Waals surface area contributed by atoms with Crippen LogP contribution in [0.5, 0.6) is 0 Å². The van der Waals surface area contributed by atoms with Crippen molar-refractivity contribution in [3.63, 3.8) is 0 Å². The van der Waals surface area contributed by atoms with Gasteiger partial charge in [0.1, 0.15) is 6.54 Å². The molecule has 1 N–H and O–H groups in total. The van der Waals surface area contributed by atoms with Gasteiger partial charge >= 0.3 is 0 Å². The molecule has 0 aliphatic carbocycles. The van der Waals surface area contributed by atoms with Crippen LogP contribution < -0.4 is 0 Å². The summed E-state index contributed by atoms with van der Waals surface area (Å²) in [7, 11) is 1.58. The zero-order valence-corrected chi connectivity index (χ0v) is 6.94. The van der Waals surface area contributed by atoms with Gasteiger partial charge in [0, 0.05) is 18.8 Å². The molecule has 0 saturated carbocycles. The van der Waals surface area contributed by atoms with E-state index in [-0.39, 0.29) is 0 Å². The number of hydrogen-bond acceptors (Lipinski definition) is 3. The first-order valence-corrected chi connectivity index (χ1v) is 3.57. The fourth-order valence-electron chi connectivity index (χ4n) is 0.932. The van der Waals surface area contributed by atoms with Crippen molar-refractivity contribution < 1.29 is 5.21 Å². The Labute approximate surface area is 71.4 Å². The van der Waals surface area contributed by atoms with Gasteiger partial charge in [-0.3, -0.25) is 4.68 Å². The largest absolute Gasteiger partial charge is 0.314 e. The van der Waals surface area contributed by atoms with E-state index >= 15 is 0 Å². The second kappa shape index (κ2) is 3.90. The molecule has 1 aromatic rings. The van der Waals surface area contributed by atoms with Crippen LogP contribution in [-0.4, -0.2) is 27.1 Å². The average molecular weight is 165 g/mol. The average Bonchev–Trinajstić information content (AvgIpc) is 2.36. The SMILES string of the molecule is C#CCn1cc(CN(C)O)cn1. The van der Waals surface area contributed by atoms with Gasteiger partial charge in [0.25, 0.3) is 0 Å². The Hall–Kier alpha value is -1.31. The molecular weight excluding hydrogens is 154 g/mol. The topological polar surface area (TPSA) is 41.3 Å². The van der Waals surface area contributed by atoms with Crippen molar-refractivity contribution in [2.45, 2.75) is 13.1 Å². The summed E-state index contributed by atoms with van der Waals surface area (Å²) in [5.74, 6) is 2.47. The standard InChI is InChI=1S/C8H11N3O/c1-3-4-11-7-8(5-9-11)6-10(2)12/h1,5,7,12H,4,6H2,2H3. The monoisotopic (exact) mass is 165 g/mol. The van der Waals surface area contributed by atoms with Crippen LogP contribution >= 0.6 is 0 Å². The van der Waals surface area contributed by atoms with Crippen molar-refractivity contribution >= 4 is 0 Å². The number of terminal acetylenes is 1. The molecule has 0 spiro atoms. The van der Waals surface area contributed by atoms with Gasteiger partial charge in [0.2, 0.25) is 0 Å². The third kappa shape index (κ3) is 2.38. The fraction of sp³-hybridized carbons (Fsp3) is 0.375. The maximum absolute atomic E-state index is 8.90. The van der Waals surface area contributed by atoms with Crippen molar-refractivity contribution in [1.29, 1.82) is 0 Å². The Balaban J connectivity index is 2.59. The molecule has 1 aromatic heterocycles. The number of aromatic nitrogens is 2. The second-order valence-corrected chi connectivity index (χ2v) is 2.57. The summed E-state index contributed by atoms with van der Waals surface area (Å²) in [5.41, 5.74) is 0.940. The van der Waals surface area contributed by atoms with E-state index in [2.05, 4.69) is 11.0 Å². The van der Waals surface area contributed by atoms with Crippen LogP contribution in [0.15, 0.2) is 12.4 Å². The van der Waals surface area contributed by atoms with E-state index in [0.717, 1.165) is 10.6 Å². The van der Waals surface area contributed by atoms with Gasteiger partial charge in [-0.25, -0.2) is 0 Å². The van der Waals surface area contributed by atoms with E-state index in [1.165, 1.54) is 0 Å². The Morgan fingerprint density at radius 3 is 3.17 bits per heavy atom. The number of nitrogens with zero attached hydrogens (tertiary/aromatic N) is 3. The first kappa shape index (κ1) is 8.78. The van der Waals surface area contributed by atoms with Crippen LogP contribution in [0, 0.1) is 12.3 Å². The van der Waals surface area contributed by atoms with Crippen LogP contribution in [0.25, 0.3) is 0 Å². The summed E-state index contributed by atoms with van der Waals surface area (Å²) in [6.45, 7) is 0.930. The van der Waals surface area contributed by atoms with E-state index in [0.29, 0.717) is 13.1 Å². The number of rotatable bonds is 3. The molecule has 0 saturated heterocycles. The lowest BCUT2D eigenvalue weighted by Gasteiger charge is -2.03. The predicted octanol–water partition coefficient (Wildman–Crippen LogP) is 0.337. The molecule has 0 bridgehead atoms. The zero-order chi connectivity index (χ0) is 8.97. The Kier molecular flexibility index (Phi) is 2.86. The van der Waals surface area contributed by atoms with E-state index in [4.69, 9.17) is 11.6 Å². The van der Waals surface area contributed by atoms with Crippen molar-refractivity contribution in [2.75, 3.05) is 7.05 Å². The Bertz CT molecular complexity index is 285. The first-order chi connectivity index (χ1) is 5.72. The molecule has 0 atom stereocenters. The van der Waals surface area contributed by atoms with Crippen LogP contribution in [-0.2, 0) is 13.1 Å². The Morgan fingerprint density at radius 2 is 2.58 bits per heavy atom. The maximum Gasteiger partial charge on any atom is 0.101 e. The number of hydrogen-bond donors (Lipinski definition) is 1. The molecule has 4 heteroatoms. The van der Waals surface area contributed by atoms with Crippen molar-refractivity contribution in [3.05, 3.63) is 18.0 Å². The molecule has 0 aromatic carbocycles. The molecule has 0 unspecified atom stereocenters. The van der Waals surface area contributed by atoms with Gasteiger partial charge < -0.3 is 5.21 Å². The maximum atomic E-state index is 8.90. The van der Waals surface area contributed by atoms with Crippen LogP contribution in [0.2, 0.25) is 0 Å². The highest BCUT2D eigenvalue weighted by atomic mass is 16.5. The summed E-state index contributed by atoms with van der Waals surface area (Å²) >= 11 is 0. The van der Waals surface area contributed by atoms with Gasteiger partial charge in [-0.15, -0.1) is 6.42 Å².